The van der Waals surface area contributed by atoms with Crippen LogP contribution in [0.4, 0.5) is 0 Å². The molecule has 2 aromatic heterocycles. The SMILES string of the molecule is Cc1nnsc1-c1nc(C(C)CN)no1. The highest BCUT2D eigenvalue weighted by atomic mass is 32.1. The van der Waals surface area contributed by atoms with E-state index < -0.39 is 0 Å². The van der Waals surface area contributed by atoms with Gasteiger partial charge >= 0.3 is 0 Å². The molecule has 7 heteroatoms. The molecule has 0 aliphatic rings. The van der Waals surface area contributed by atoms with Crippen LogP contribution in [0.3, 0.4) is 0 Å². The van der Waals surface area contributed by atoms with Crippen LogP contribution >= 0.6 is 11.5 Å². The molecular formula is C8H11N5OS. The molecular weight excluding hydrogens is 214 g/mol. The quantitative estimate of drug-likeness (QED) is 0.836. The largest absolute Gasteiger partial charge is 0.333 e. The smallest absolute Gasteiger partial charge is 0.271 e. The van der Waals surface area contributed by atoms with Crippen LogP contribution in [0.15, 0.2) is 4.52 Å². The van der Waals surface area contributed by atoms with Crippen molar-refractivity contribution >= 4 is 11.5 Å². The van der Waals surface area contributed by atoms with Crippen LogP contribution in [0.5, 0.6) is 0 Å². The van der Waals surface area contributed by atoms with Gasteiger partial charge in [0.15, 0.2) is 5.82 Å². The highest BCUT2D eigenvalue weighted by Gasteiger charge is 2.17. The van der Waals surface area contributed by atoms with Gasteiger partial charge in [-0.05, 0) is 18.5 Å². The van der Waals surface area contributed by atoms with Crippen molar-refractivity contribution < 1.29 is 4.52 Å². The van der Waals surface area contributed by atoms with Crippen molar-refractivity contribution in [2.45, 2.75) is 19.8 Å². The van der Waals surface area contributed by atoms with Gasteiger partial charge in [-0.15, -0.1) is 5.10 Å². The molecule has 0 aliphatic carbocycles. The first-order valence-electron chi connectivity index (χ1n) is 4.55. The Labute approximate surface area is 90.7 Å². The summed E-state index contributed by atoms with van der Waals surface area (Å²) >= 11 is 1.25. The summed E-state index contributed by atoms with van der Waals surface area (Å²) in [5, 5.41) is 7.75. The predicted octanol–water partition coefficient (Wildman–Crippen LogP) is 0.959. The molecule has 6 nitrogen and oxygen atoms in total. The zero-order valence-electron chi connectivity index (χ0n) is 8.47. The van der Waals surface area contributed by atoms with Crippen LogP contribution < -0.4 is 5.73 Å². The zero-order valence-corrected chi connectivity index (χ0v) is 9.28. The van der Waals surface area contributed by atoms with Gasteiger partial charge in [-0.2, -0.15) is 4.98 Å². The average molecular weight is 225 g/mol. The molecule has 80 valence electrons. The minimum atomic E-state index is 0.101. The van der Waals surface area contributed by atoms with Crippen molar-refractivity contribution in [3.8, 4) is 10.8 Å². The molecule has 0 saturated carbocycles. The fourth-order valence-corrected chi connectivity index (χ4v) is 1.64. The third-order valence-corrected chi connectivity index (χ3v) is 2.90. The number of nitrogens with two attached hydrogens (primary N) is 1. The number of nitrogens with zero attached hydrogens (tertiary/aromatic N) is 4. The zero-order chi connectivity index (χ0) is 10.8. The van der Waals surface area contributed by atoms with Gasteiger partial charge in [0, 0.05) is 12.5 Å². The second-order valence-electron chi connectivity index (χ2n) is 3.28. The Morgan fingerprint density at radius 3 is 2.93 bits per heavy atom. The molecule has 1 unspecified atom stereocenters. The Balaban J connectivity index is 2.32. The van der Waals surface area contributed by atoms with Gasteiger partial charge in [-0.25, -0.2) is 0 Å². The molecule has 0 spiro atoms. The lowest BCUT2D eigenvalue weighted by Gasteiger charge is -1.98. The minimum absolute atomic E-state index is 0.101. The van der Waals surface area contributed by atoms with E-state index in [4.69, 9.17) is 10.3 Å². The third kappa shape index (κ3) is 1.88. The molecule has 0 radical (unpaired) electrons. The van der Waals surface area contributed by atoms with Crippen molar-refractivity contribution in [2.75, 3.05) is 6.54 Å². The van der Waals surface area contributed by atoms with Gasteiger partial charge in [0.2, 0.25) is 0 Å². The monoisotopic (exact) mass is 225 g/mol. The van der Waals surface area contributed by atoms with Gasteiger partial charge in [-0.3, -0.25) is 0 Å². The van der Waals surface area contributed by atoms with Crippen molar-refractivity contribution in [2.24, 2.45) is 5.73 Å². The van der Waals surface area contributed by atoms with E-state index in [-0.39, 0.29) is 5.92 Å². The van der Waals surface area contributed by atoms with Crippen molar-refractivity contribution in [3.05, 3.63) is 11.5 Å². The number of hydrogen-bond donors (Lipinski definition) is 1. The van der Waals surface area contributed by atoms with Gasteiger partial charge < -0.3 is 10.3 Å². The van der Waals surface area contributed by atoms with E-state index in [1.165, 1.54) is 11.5 Å². The van der Waals surface area contributed by atoms with Gasteiger partial charge in [-0.1, -0.05) is 16.6 Å². The van der Waals surface area contributed by atoms with Gasteiger partial charge in [0.25, 0.3) is 5.89 Å². The van der Waals surface area contributed by atoms with E-state index in [0.29, 0.717) is 18.3 Å². The Kier molecular flexibility index (Phi) is 2.74. The van der Waals surface area contributed by atoms with Crippen molar-refractivity contribution in [3.63, 3.8) is 0 Å². The Hall–Kier alpha value is -1.34. The second-order valence-corrected chi connectivity index (χ2v) is 4.04. The number of aryl methyl sites for hydroxylation is 1. The molecule has 2 N–H and O–H groups in total. The first kappa shape index (κ1) is 10.2. The third-order valence-electron chi connectivity index (χ3n) is 2.08. The maximum absolute atomic E-state index is 5.52. The fourth-order valence-electron chi connectivity index (χ4n) is 1.06. The van der Waals surface area contributed by atoms with E-state index in [0.717, 1.165) is 10.6 Å². The molecule has 0 fully saturated rings. The lowest BCUT2D eigenvalue weighted by Crippen LogP contribution is -2.10. The van der Waals surface area contributed by atoms with Crippen LogP contribution in [-0.2, 0) is 0 Å². The molecule has 0 aromatic carbocycles. The topological polar surface area (TPSA) is 90.7 Å². The summed E-state index contributed by atoms with van der Waals surface area (Å²) < 4.78 is 8.94. The minimum Gasteiger partial charge on any atom is -0.333 e. The molecule has 2 heterocycles. The standard InChI is InChI=1S/C8H11N5OS/c1-4(3-9)7-10-8(14-12-7)6-5(2)11-13-15-6/h4H,3,9H2,1-2H3. The molecule has 0 bridgehead atoms. The molecule has 0 saturated heterocycles. The van der Waals surface area contributed by atoms with Crippen LogP contribution in [0.2, 0.25) is 0 Å². The summed E-state index contributed by atoms with van der Waals surface area (Å²) in [7, 11) is 0. The fraction of sp³-hybridized carbons (Fsp3) is 0.500. The number of aromatic nitrogens is 4. The summed E-state index contributed by atoms with van der Waals surface area (Å²) in [6.07, 6.45) is 0. The van der Waals surface area contributed by atoms with Crippen molar-refractivity contribution in [1.29, 1.82) is 0 Å². The van der Waals surface area contributed by atoms with E-state index in [2.05, 4.69) is 19.7 Å². The van der Waals surface area contributed by atoms with E-state index in [1.807, 2.05) is 13.8 Å². The molecule has 0 aliphatic heterocycles. The van der Waals surface area contributed by atoms with Gasteiger partial charge in [0.1, 0.15) is 4.88 Å². The van der Waals surface area contributed by atoms with E-state index >= 15 is 0 Å². The maximum atomic E-state index is 5.52. The first-order chi connectivity index (χ1) is 7.22. The van der Waals surface area contributed by atoms with Crippen molar-refractivity contribution in [1.82, 2.24) is 19.7 Å². The van der Waals surface area contributed by atoms with Crippen LogP contribution in [-0.4, -0.2) is 26.3 Å². The van der Waals surface area contributed by atoms with E-state index in [9.17, 15) is 0 Å². The normalized spacial score (nSPS) is 13.0. The van der Waals surface area contributed by atoms with Crippen LogP contribution in [0.1, 0.15) is 24.4 Å². The average Bonchev–Trinajstić information content (AvgIpc) is 2.84. The number of rotatable bonds is 3. The summed E-state index contributed by atoms with van der Waals surface area (Å²) in [4.78, 5) is 5.07. The van der Waals surface area contributed by atoms with E-state index in [1.54, 1.807) is 0 Å². The maximum Gasteiger partial charge on any atom is 0.271 e. The second kappa shape index (κ2) is 4.03. The highest BCUT2D eigenvalue weighted by molar-refractivity contribution is 7.09. The molecule has 1 atom stereocenters. The lowest BCUT2D eigenvalue weighted by atomic mass is 10.2. The molecule has 2 rings (SSSR count). The summed E-state index contributed by atoms with van der Waals surface area (Å²) in [6.45, 7) is 4.31. The highest BCUT2D eigenvalue weighted by Crippen LogP contribution is 2.24. The molecule has 2 aromatic rings. The van der Waals surface area contributed by atoms with Crippen LogP contribution in [0.25, 0.3) is 10.8 Å². The lowest BCUT2D eigenvalue weighted by molar-refractivity contribution is 0.418. The number of hydrogen-bond acceptors (Lipinski definition) is 7. The summed E-state index contributed by atoms with van der Waals surface area (Å²) in [5.41, 5.74) is 6.32. The summed E-state index contributed by atoms with van der Waals surface area (Å²) in [6, 6.07) is 0. The first-order valence-corrected chi connectivity index (χ1v) is 5.32. The van der Waals surface area contributed by atoms with Crippen LogP contribution in [0, 0.1) is 6.92 Å². The Bertz CT molecular complexity index is 451. The Morgan fingerprint density at radius 2 is 2.33 bits per heavy atom. The molecule has 0 amide bonds. The predicted molar refractivity (Wildman–Crippen MR) is 55.4 cm³/mol. The summed E-state index contributed by atoms with van der Waals surface area (Å²) in [5.74, 6) is 1.20. The Morgan fingerprint density at radius 1 is 1.53 bits per heavy atom. The molecule has 15 heavy (non-hydrogen) atoms. The van der Waals surface area contributed by atoms with Gasteiger partial charge in [0.05, 0.1) is 5.69 Å².